The Morgan fingerprint density at radius 2 is 0.730 bits per heavy atom. The molecule has 3 aromatic heterocycles. The third kappa shape index (κ3) is 7.62. The van der Waals surface area contributed by atoms with Gasteiger partial charge < -0.3 is 9.13 Å². The summed E-state index contributed by atoms with van der Waals surface area (Å²) in [7, 11) is 0. The van der Waals surface area contributed by atoms with Crippen molar-refractivity contribution in [2.75, 3.05) is 0 Å². The minimum atomic E-state index is -4.81. The Balaban J connectivity index is 1.17. The first-order valence-electron chi connectivity index (χ1n) is 24.6. The third-order valence-electron chi connectivity index (χ3n) is 14.2. The molecule has 0 atom stereocenters. The van der Waals surface area contributed by atoms with E-state index in [0.29, 0.717) is 34.2 Å². The topological polar surface area (TPSA) is 48.5 Å². The second-order valence-electron chi connectivity index (χ2n) is 18.8. The largest absolute Gasteiger partial charge is 0.417 e. The Morgan fingerprint density at radius 3 is 1.22 bits per heavy atom. The monoisotopic (exact) mass is 963 g/mol. The molecular formula is C66H44F3N5. The molecule has 3 heterocycles. The molecule has 0 N–H and O–H groups in total. The Kier molecular flexibility index (Phi) is 10.7. The molecule has 0 unspecified atom stereocenters. The molecule has 13 rings (SSSR count). The van der Waals surface area contributed by atoms with Crippen LogP contribution in [0.1, 0.15) is 16.7 Å². The van der Waals surface area contributed by atoms with E-state index in [4.69, 9.17) is 15.0 Å². The summed E-state index contributed by atoms with van der Waals surface area (Å²) in [5.74, 6) is 1.01. The molecule has 354 valence electrons. The average Bonchev–Trinajstić information content (AvgIpc) is 3.97. The average molecular weight is 964 g/mol. The van der Waals surface area contributed by atoms with Gasteiger partial charge in [0.05, 0.1) is 39.0 Å². The summed E-state index contributed by atoms with van der Waals surface area (Å²) < 4.78 is 53.6. The van der Waals surface area contributed by atoms with Crippen molar-refractivity contribution in [3.63, 3.8) is 0 Å². The summed E-state index contributed by atoms with van der Waals surface area (Å²) in [4.78, 5) is 15.4. The minimum absolute atomic E-state index is 0.0130. The highest BCUT2D eigenvalue weighted by Crippen LogP contribution is 2.49. The van der Waals surface area contributed by atoms with Crippen molar-refractivity contribution in [3.05, 3.63) is 247 Å². The molecule has 5 nitrogen and oxygen atoms in total. The van der Waals surface area contributed by atoms with Crippen molar-refractivity contribution in [2.24, 2.45) is 0 Å². The van der Waals surface area contributed by atoms with Crippen LogP contribution in [0.4, 0.5) is 13.2 Å². The number of fused-ring (bicyclic) bond motifs is 6. The number of para-hydroxylation sites is 2. The van der Waals surface area contributed by atoms with Crippen molar-refractivity contribution in [1.29, 1.82) is 0 Å². The van der Waals surface area contributed by atoms with Gasteiger partial charge in [0.1, 0.15) is 0 Å². The van der Waals surface area contributed by atoms with Gasteiger partial charge in [-0.2, -0.15) is 13.2 Å². The number of rotatable bonds is 8. The van der Waals surface area contributed by atoms with Crippen LogP contribution in [0, 0.1) is 13.8 Å². The van der Waals surface area contributed by atoms with Crippen LogP contribution in [0.5, 0.6) is 0 Å². The van der Waals surface area contributed by atoms with Crippen LogP contribution in [0.3, 0.4) is 0 Å². The van der Waals surface area contributed by atoms with E-state index >= 15 is 13.2 Å². The van der Waals surface area contributed by atoms with Crippen molar-refractivity contribution >= 4 is 43.6 Å². The fourth-order valence-electron chi connectivity index (χ4n) is 10.6. The molecule has 0 saturated carbocycles. The van der Waals surface area contributed by atoms with Crippen molar-refractivity contribution in [1.82, 2.24) is 24.1 Å². The Labute approximate surface area is 425 Å². The van der Waals surface area contributed by atoms with Crippen LogP contribution < -0.4 is 0 Å². The number of nitrogens with zero attached hydrogens (tertiary/aromatic N) is 5. The Morgan fingerprint density at radius 1 is 0.324 bits per heavy atom. The second-order valence-corrected chi connectivity index (χ2v) is 18.8. The molecular weight excluding hydrogens is 920 g/mol. The van der Waals surface area contributed by atoms with Gasteiger partial charge in [0.25, 0.3) is 0 Å². The van der Waals surface area contributed by atoms with Gasteiger partial charge in [-0.15, -0.1) is 0 Å². The normalized spacial score (nSPS) is 11.9. The molecule has 0 amide bonds. The van der Waals surface area contributed by atoms with Crippen LogP contribution in [0.15, 0.2) is 231 Å². The lowest BCUT2D eigenvalue weighted by molar-refractivity contribution is -0.137. The molecule has 0 bridgehead atoms. The van der Waals surface area contributed by atoms with Gasteiger partial charge in [0, 0.05) is 49.4 Å². The van der Waals surface area contributed by atoms with Crippen LogP contribution in [-0.4, -0.2) is 24.1 Å². The molecule has 0 radical (unpaired) electrons. The smallest absolute Gasteiger partial charge is 0.309 e. The number of alkyl halides is 3. The maximum Gasteiger partial charge on any atom is 0.417 e. The highest BCUT2D eigenvalue weighted by atomic mass is 19.4. The van der Waals surface area contributed by atoms with E-state index in [2.05, 4.69) is 103 Å². The zero-order chi connectivity index (χ0) is 50.1. The molecule has 74 heavy (non-hydrogen) atoms. The van der Waals surface area contributed by atoms with Gasteiger partial charge in [-0.25, -0.2) is 15.0 Å². The van der Waals surface area contributed by atoms with Gasteiger partial charge >= 0.3 is 6.18 Å². The van der Waals surface area contributed by atoms with Gasteiger partial charge in [0.15, 0.2) is 17.5 Å². The van der Waals surface area contributed by atoms with E-state index in [-0.39, 0.29) is 11.4 Å². The maximum absolute atomic E-state index is 16.5. The van der Waals surface area contributed by atoms with Crippen LogP contribution in [0.25, 0.3) is 123 Å². The summed E-state index contributed by atoms with van der Waals surface area (Å²) >= 11 is 0. The lowest BCUT2D eigenvalue weighted by Crippen LogP contribution is -2.12. The predicted octanol–water partition coefficient (Wildman–Crippen LogP) is 17.7. The molecule has 0 spiro atoms. The van der Waals surface area contributed by atoms with Gasteiger partial charge in [0.2, 0.25) is 0 Å². The van der Waals surface area contributed by atoms with E-state index in [1.165, 1.54) is 12.1 Å². The minimum Gasteiger partial charge on any atom is -0.309 e. The fourth-order valence-corrected chi connectivity index (χ4v) is 10.6. The standard InChI is InChI=1S/C66H44F3N5/c1-41-27-31-43(32-28-41)47-35-37-57-52(39-47)49-19-9-11-23-55(49)73(57)59-25-13-21-51(65-71-63(45-15-5-3-6-16-45)70-64(72-65)46-17-7-4-8-18-46)61(59)62-54(66(67,68)69)22-14-26-60(62)74-56-24-12-10-20-50(56)53-40-48(36-38-58(53)74)44-33-29-42(2)30-34-44/h3-40H,1-2H3. The highest BCUT2D eigenvalue weighted by molar-refractivity contribution is 6.13. The van der Waals surface area contributed by atoms with Crippen molar-refractivity contribution in [2.45, 2.75) is 20.0 Å². The lowest BCUT2D eigenvalue weighted by Gasteiger charge is -2.24. The van der Waals surface area contributed by atoms with E-state index in [1.54, 1.807) is 0 Å². The zero-order valence-electron chi connectivity index (χ0n) is 40.3. The number of hydrogen-bond acceptors (Lipinski definition) is 3. The van der Waals surface area contributed by atoms with Gasteiger partial charge in [-0.05, 0) is 90.7 Å². The van der Waals surface area contributed by atoms with Crippen LogP contribution >= 0.6 is 0 Å². The molecule has 8 heteroatoms. The number of halogens is 3. The quantitative estimate of drug-likeness (QED) is 0.152. The van der Waals surface area contributed by atoms with Gasteiger partial charge in [-0.1, -0.05) is 187 Å². The fraction of sp³-hybridized carbons (Fsp3) is 0.0455. The first kappa shape index (κ1) is 44.5. The highest BCUT2D eigenvalue weighted by Gasteiger charge is 2.38. The molecule has 0 aliphatic carbocycles. The number of benzene rings is 10. The van der Waals surface area contributed by atoms with Crippen LogP contribution in [0.2, 0.25) is 0 Å². The first-order valence-corrected chi connectivity index (χ1v) is 24.6. The van der Waals surface area contributed by atoms with Crippen LogP contribution in [-0.2, 0) is 6.18 Å². The summed E-state index contributed by atoms with van der Waals surface area (Å²) in [5, 5.41) is 3.75. The summed E-state index contributed by atoms with van der Waals surface area (Å²) in [6, 6.07) is 74.9. The van der Waals surface area contributed by atoms with Gasteiger partial charge in [-0.3, -0.25) is 0 Å². The molecule has 0 saturated heterocycles. The van der Waals surface area contributed by atoms with E-state index < -0.39 is 11.7 Å². The number of hydrogen-bond donors (Lipinski definition) is 0. The summed E-state index contributed by atoms with van der Waals surface area (Å²) in [6.45, 7) is 4.13. The van der Waals surface area contributed by atoms with E-state index in [9.17, 15) is 0 Å². The first-order chi connectivity index (χ1) is 36.2. The molecule has 0 fully saturated rings. The molecule has 10 aromatic carbocycles. The van der Waals surface area contributed by atoms with E-state index in [1.807, 2.05) is 138 Å². The third-order valence-corrected chi connectivity index (χ3v) is 14.2. The summed E-state index contributed by atoms with van der Waals surface area (Å²) in [5.41, 5.74) is 11.9. The number of aryl methyl sites for hydroxylation is 2. The second kappa shape index (κ2) is 17.7. The SMILES string of the molecule is Cc1ccc(-c2ccc3c(c2)c2ccccc2n3-c2cccc(-c3nc(-c4ccccc4)nc(-c4ccccc4)n3)c2-c2c(-n3c4ccccc4c4cc(-c5ccc(C)cc5)ccc43)cccc2C(F)(F)F)cc1. The lowest BCUT2D eigenvalue weighted by atomic mass is 9.90. The molecule has 0 aliphatic rings. The predicted molar refractivity (Wildman–Crippen MR) is 296 cm³/mol. The molecule has 0 aliphatic heterocycles. The van der Waals surface area contributed by atoms with Crippen molar-refractivity contribution in [3.8, 4) is 78.9 Å². The Hall–Kier alpha value is -9.40. The summed E-state index contributed by atoms with van der Waals surface area (Å²) in [6.07, 6.45) is -4.81. The molecule has 13 aromatic rings. The maximum atomic E-state index is 16.5. The van der Waals surface area contributed by atoms with E-state index in [0.717, 1.165) is 88.1 Å². The van der Waals surface area contributed by atoms with Crippen molar-refractivity contribution < 1.29 is 13.2 Å². The number of aromatic nitrogens is 5. The Bertz CT molecular complexity index is 4230. The zero-order valence-corrected chi connectivity index (χ0v) is 40.3.